The van der Waals surface area contributed by atoms with E-state index in [1.807, 2.05) is 0 Å². The highest BCUT2D eigenvalue weighted by Crippen LogP contribution is 2.50. The number of nitrogens with one attached hydrogen (secondary N) is 1. The zero-order valence-corrected chi connectivity index (χ0v) is 17.3. The molecule has 1 saturated carbocycles. The van der Waals surface area contributed by atoms with E-state index in [2.05, 4.69) is 5.32 Å². The average Bonchev–Trinajstić information content (AvgIpc) is 3.15. The first-order valence-corrected chi connectivity index (χ1v) is 9.76. The van der Waals surface area contributed by atoms with E-state index in [9.17, 15) is 29.4 Å². The second kappa shape index (κ2) is 7.86. The third-order valence-corrected chi connectivity index (χ3v) is 5.55. The largest absolute Gasteiger partial charge is 0.504 e. The van der Waals surface area contributed by atoms with E-state index in [0.29, 0.717) is 0 Å². The molecule has 3 aliphatic rings. The molecule has 4 rings (SSSR count). The molecule has 1 fully saturated rings. The smallest absolute Gasteiger partial charge is 0.303 e. The molecule has 0 saturated heterocycles. The number of benzene rings is 1. The van der Waals surface area contributed by atoms with E-state index in [-0.39, 0.29) is 29.4 Å². The zero-order chi connectivity index (χ0) is 23.3. The summed E-state index contributed by atoms with van der Waals surface area (Å²) in [6.07, 6.45) is -5.66. The third-order valence-electron chi connectivity index (χ3n) is 5.55. The molecule has 1 aromatic carbocycles. The topological polar surface area (TPSA) is 167 Å². The average molecular weight is 451 g/mol. The maximum Gasteiger partial charge on any atom is 0.303 e. The van der Waals surface area contributed by atoms with Crippen molar-refractivity contribution in [2.24, 2.45) is 0 Å². The standard InChI is InChI=1S/C20H21NO11/c1-6(22)30-17-13-11(14(25)18(31-7(2)23)19(17)32-8(3)24)9-4-10-16(29-5-28-10)15(26)12(9)20(27)21-13/h4,11,13-14,17-19,25-26H,5H2,1-3H3,(H,21,27)/t11-,13+,14+,17-,18-,19-/m0/s1. The van der Waals surface area contributed by atoms with Crippen molar-refractivity contribution in [3.8, 4) is 17.2 Å². The molecule has 3 N–H and O–H groups in total. The Morgan fingerprint density at radius 3 is 2.22 bits per heavy atom. The number of carbonyl (C=O) groups is 4. The predicted molar refractivity (Wildman–Crippen MR) is 101 cm³/mol. The number of esters is 3. The van der Waals surface area contributed by atoms with Crippen LogP contribution in [-0.4, -0.2) is 71.3 Å². The lowest BCUT2D eigenvalue weighted by Crippen LogP contribution is -2.68. The number of rotatable bonds is 3. The van der Waals surface area contributed by atoms with E-state index < -0.39 is 65.9 Å². The summed E-state index contributed by atoms with van der Waals surface area (Å²) in [6, 6.07) is 0.351. The van der Waals surface area contributed by atoms with Gasteiger partial charge in [-0.05, 0) is 11.6 Å². The fourth-order valence-electron chi connectivity index (χ4n) is 4.51. The quantitative estimate of drug-likeness (QED) is 0.400. The van der Waals surface area contributed by atoms with Crippen LogP contribution in [0.15, 0.2) is 6.07 Å². The van der Waals surface area contributed by atoms with Crippen molar-refractivity contribution in [3.63, 3.8) is 0 Å². The number of hydrogen-bond acceptors (Lipinski definition) is 11. The summed E-state index contributed by atoms with van der Waals surface area (Å²) in [6.45, 7) is 3.14. The number of hydrogen-bond donors (Lipinski definition) is 3. The monoisotopic (exact) mass is 451 g/mol. The first-order valence-electron chi connectivity index (χ1n) is 9.76. The van der Waals surface area contributed by atoms with E-state index in [1.165, 1.54) is 6.07 Å². The highest BCUT2D eigenvalue weighted by atomic mass is 16.7. The Bertz CT molecular complexity index is 1010. The van der Waals surface area contributed by atoms with Crippen molar-refractivity contribution < 1.29 is 53.1 Å². The molecular weight excluding hydrogens is 430 g/mol. The molecule has 1 aromatic rings. The molecular formula is C20H21NO11. The van der Waals surface area contributed by atoms with Crippen molar-refractivity contribution in [2.75, 3.05) is 6.79 Å². The van der Waals surface area contributed by atoms with Gasteiger partial charge in [0, 0.05) is 26.7 Å². The number of phenolic OH excluding ortho intramolecular Hbond substituents is 1. The first kappa shape index (κ1) is 21.7. The van der Waals surface area contributed by atoms with Crippen LogP contribution in [0.4, 0.5) is 0 Å². The van der Waals surface area contributed by atoms with Gasteiger partial charge < -0.3 is 39.2 Å². The zero-order valence-electron chi connectivity index (χ0n) is 17.3. The van der Waals surface area contributed by atoms with Crippen LogP contribution in [-0.2, 0) is 28.6 Å². The number of aliphatic hydroxyl groups excluding tert-OH is 1. The summed E-state index contributed by atoms with van der Waals surface area (Å²) < 4.78 is 26.4. The lowest BCUT2D eigenvalue weighted by Gasteiger charge is -2.49. The van der Waals surface area contributed by atoms with Crippen LogP contribution in [0, 0.1) is 0 Å². The van der Waals surface area contributed by atoms with Crippen LogP contribution in [0.25, 0.3) is 0 Å². The maximum absolute atomic E-state index is 12.9. The van der Waals surface area contributed by atoms with E-state index >= 15 is 0 Å². The summed E-state index contributed by atoms with van der Waals surface area (Å²) in [7, 11) is 0. The van der Waals surface area contributed by atoms with Gasteiger partial charge in [0.05, 0.1) is 11.6 Å². The van der Waals surface area contributed by atoms with Crippen LogP contribution in [0.3, 0.4) is 0 Å². The van der Waals surface area contributed by atoms with E-state index in [0.717, 1.165) is 20.8 Å². The normalized spacial score (nSPS) is 29.8. The number of phenols is 1. The molecule has 1 amide bonds. The molecule has 2 heterocycles. The number of aromatic hydroxyl groups is 1. The summed E-state index contributed by atoms with van der Waals surface area (Å²) in [5.41, 5.74) is 0.00668. The molecule has 32 heavy (non-hydrogen) atoms. The molecule has 2 aliphatic heterocycles. The summed E-state index contributed by atoms with van der Waals surface area (Å²) in [4.78, 5) is 48.2. The number of aliphatic hydroxyl groups is 1. The van der Waals surface area contributed by atoms with Gasteiger partial charge >= 0.3 is 17.9 Å². The minimum atomic E-state index is -1.51. The maximum atomic E-state index is 12.9. The fourth-order valence-corrected chi connectivity index (χ4v) is 4.51. The molecule has 6 atom stereocenters. The molecule has 1 aliphatic carbocycles. The van der Waals surface area contributed by atoms with Crippen LogP contribution in [0.5, 0.6) is 17.2 Å². The lowest BCUT2D eigenvalue weighted by atomic mass is 9.69. The fraction of sp³-hybridized carbons (Fsp3) is 0.500. The highest BCUT2D eigenvalue weighted by Gasteiger charge is 2.59. The number of ether oxygens (including phenoxy) is 5. The molecule has 0 spiro atoms. The predicted octanol–water partition coefficient (Wildman–Crippen LogP) is -0.514. The van der Waals surface area contributed by atoms with Gasteiger partial charge in [-0.3, -0.25) is 19.2 Å². The van der Waals surface area contributed by atoms with Gasteiger partial charge in [-0.15, -0.1) is 0 Å². The Morgan fingerprint density at radius 2 is 1.59 bits per heavy atom. The molecule has 0 bridgehead atoms. The Balaban J connectivity index is 1.88. The SMILES string of the molecule is CC(=O)O[C@@H]1[C@@H](OC(C)=O)[C@H](O)[C@H]2c3cc4c(c(O)c3C(=O)N[C@H]2[C@@H]1OC(C)=O)OCO4. The van der Waals surface area contributed by atoms with Gasteiger partial charge in [0.1, 0.15) is 6.10 Å². The van der Waals surface area contributed by atoms with Gasteiger partial charge in [-0.1, -0.05) is 0 Å². The Hall–Kier alpha value is -3.54. The van der Waals surface area contributed by atoms with Gasteiger partial charge in [0.25, 0.3) is 5.91 Å². The molecule has 12 heteroatoms. The van der Waals surface area contributed by atoms with Gasteiger partial charge in [0.2, 0.25) is 12.5 Å². The molecule has 0 unspecified atom stereocenters. The van der Waals surface area contributed by atoms with E-state index in [4.69, 9.17) is 23.7 Å². The second-order valence-corrected chi connectivity index (χ2v) is 7.66. The molecule has 12 nitrogen and oxygen atoms in total. The van der Waals surface area contributed by atoms with Gasteiger partial charge in [0.15, 0.2) is 29.8 Å². The van der Waals surface area contributed by atoms with Gasteiger partial charge in [-0.2, -0.15) is 0 Å². The van der Waals surface area contributed by atoms with Crippen LogP contribution >= 0.6 is 0 Å². The number of amides is 1. The van der Waals surface area contributed by atoms with Crippen LogP contribution < -0.4 is 14.8 Å². The second-order valence-electron chi connectivity index (χ2n) is 7.66. The van der Waals surface area contributed by atoms with Crippen molar-refractivity contribution in [1.82, 2.24) is 5.32 Å². The Labute approximate surface area is 181 Å². The van der Waals surface area contributed by atoms with Gasteiger partial charge in [-0.25, -0.2) is 0 Å². The highest BCUT2D eigenvalue weighted by molar-refractivity contribution is 6.01. The minimum Gasteiger partial charge on any atom is -0.504 e. The van der Waals surface area contributed by atoms with Crippen molar-refractivity contribution >= 4 is 23.8 Å². The summed E-state index contributed by atoms with van der Waals surface area (Å²) in [5.74, 6) is -4.41. The molecule has 172 valence electrons. The number of fused-ring (bicyclic) bond motifs is 4. The summed E-state index contributed by atoms with van der Waals surface area (Å²) in [5, 5.41) is 24.4. The first-order chi connectivity index (χ1) is 15.1. The van der Waals surface area contributed by atoms with Crippen LogP contribution in [0.1, 0.15) is 42.6 Å². The third kappa shape index (κ3) is 3.45. The van der Waals surface area contributed by atoms with Crippen LogP contribution in [0.2, 0.25) is 0 Å². The Kier molecular flexibility index (Phi) is 5.33. The summed E-state index contributed by atoms with van der Waals surface area (Å²) >= 11 is 0. The van der Waals surface area contributed by atoms with Crippen molar-refractivity contribution in [2.45, 2.75) is 57.1 Å². The number of carbonyl (C=O) groups excluding carboxylic acids is 4. The van der Waals surface area contributed by atoms with Crippen molar-refractivity contribution in [3.05, 3.63) is 17.2 Å². The van der Waals surface area contributed by atoms with Crippen molar-refractivity contribution in [1.29, 1.82) is 0 Å². The lowest BCUT2D eigenvalue weighted by molar-refractivity contribution is -0.211. The van der Waals surface area contributed by atoms with E-state index in [1.54, 1.807) is 0 Å². The molecule has 0 radical (unpaired) electrons. The Morgan fingerprint density at radius 1 is 1.00 bits per heavy atom. The molecule has 0 aromatic heterocycles. The minimum absolute atomic E-state index is 0.0199.